The van der Waals surface area contributed by atoms with Crippen LogP contribution in [0.5, 0.6) is 0 Å². The first-order valence-electron chi connectivity index (χ1n) is 8.83. The van der Waals surface area contributed by atoms with Gasteiger partial charge in [0.05, 0.1) is 0 Å². The zero-order chi connectivity index (χ0) is 15.6. The van der Waals surface area contributed by atoms with Crippen molar-refractivity contribution in [1.29, 1.82) is 0 Å². The summed E-state index contributed by atoms with van der Waals surface area (Å²) >= 11 is 0. The van der Waals surface area contributed by atoms with Gasteiger partial charge in [-0.15, -0.1) is 0 Å². The minimum Gasteiger partial charge on any atom is -0.310 e. The Balaban J connectivity index is 4.20. The Hall–Kier alpha value is -0.0800. The zero-order valence-electron chi connectivity index (χ0n) is 15.2. The van der Waals surface area contributed by atoms with E-state index in [1.165, 1.54) is 44.9 Å². The van der Waals surface area contributed by atoms with Crippen LogP contribution in [0.4, 0.5) is 0 Å². The maximum absolute atomic E-state index is 3.77. The molecule has 0 aromatic rings. The molecule has 0 radical (unpaired) electrons. The van der Waals surface area contributed by atoms with Gasteiger partial charge in [-0.25, -0.2) is 0 Å². The molecule has 0 saturated carbocycles. The predicted molar refractivity (Wildman–Crippen MR) is 92.4 cm³/mol. The summed E-state index contributed by atoms with van der Waals surface area (Å²) in [6.45, 7) is 15.9. The molecule has 0 bridgehead atoms. The topological polar surface area (TPSA) is 24.1 Å². The van der Waals surface area contributed by atoms with Crippen LogP contribution < -0.4 is 10.6 Å². The van der Waals surface area contributed by atoms with Gasteiger partial charge in [0, 0.05) is 23.7 Å². The molecule has 0 aromatic carbocycles. The first-order valence-corrected chi connectivity index (χ1v) is 8.83. The third-order valence-electron chi connectivity index (χ3n) is 3.91. The average molecular weight is 285 g/mol. The Morgan fingerprint density at radius 2 is 1.35 bits per heavy atom. The third-order valence-corrected chi connectivity index (χ3v) is 3.91. The van der Waals surface area contributed by atoms with E-state index in [4.69, 9.17) is 0 Å². The minimum atomic E-state index is 0.155. The van der Waals surface area contributed by atoms with Crippen LogP contribution >= 0.6 is 0 Å². The van der Waals surface area contributed by atoms with Gasteiger partial charge in [0.15, 0.2) is 0 Å². The Labute approximate surface area is 128 Å². The maximum atomic E-state index is 3.77. The molecule has 0 fully saturated rings. The Morgan fingerprint density at radius 3 is 1.85 bits per heavy atom. The lowest BCUT2D eigenvalue weighted by Gasteiger charge is -2.39. The quantitative estimate of drug-likeness (QED) is 0.499. The molecule has 1 unspecified atom stereocenters. The number of unbranched alkanes of at least 4 members (excludes halogenated alkanes) is 5. The second-order valence-corrected chi connectivity index (χ2v) is 7.45. The summed E-state index contributed by atoms with van der Waals surface area (Å²) in [5, 5.41) is 7.49. The van der Waals surface area contributed by atoms with E-state index in [1.807, 2.05) is 0 Å². The number of rotatable bonds is 12. The van der Waals surface area contributed by atoms with E-state index in [1.54, 1.807) is 0 Å². The summed E-state index contributed by atoms with van der Waals surface area (Å²) in [5.74, 6) is 0. The smallest absolute Gasteiger partial charge is 0.0280 e. The van der Waals surface area contributed by atoms with Gasteiger partial charge in [0.2, 0.25) is 0 Å². The molecule has 0 aromatic heterocycles. The first kappa shape index (κ1) is 19.9. The second-order valence-electron chi connectivity index (χ2n) is 7.45. The highest BCUT2D eigenvalue weighted by atomic mass is 15.1. The van der Waals surface area contributed by atoms with Crippen LogP contribution in [0.1, 0.15) is 93.4 Å². The normalized spacial score (nSPS) is 14.2. The molecule has 2 nitrogen and oxygen atoms in total. The number of nitrogens with one attached hydrogen (secondary N) is 2. The van der Waals surface area contributed by atoms with Crippen LogP contribution in [0, 0.1) is 0 Å². The summed E-state index contributed by atoms with van der Waals surface area (Å²) < 4.78 is 0. The first-order chi connectivity index (χ1) is 9.29. The van der Waals surface area contributed by atoms with Gasteiger partial charge in [-0.1, -0.05) is 73.1 Å². The van der Waals surface area contributed by atoms with Crippen LogP contribution in [-0.4, -0.2) is 23.7 Å². The van der Waals surface area contributed by atoms with E-state index in [2.05, 4.69) is 59.1 Å². The third kappa shape index (κ3) is 9.77. The van der Waals surface area contributed by atoms with Gasteiger partial charge in [-0.05, 0) is 20.3 Å². The highest BCUT2D eigenvalue weighted by Crippen LogP contribution is 2.18. The van der Waals surface area contributed by atoms with Crippen molar-refractivity contribution in [3.05, 3.63) is 0 Å². The van der Waals surface area contributed by atoms with Crippen LogP contribution in [0.2, 0.25) is 0 Å². The van der Waals surface area contributed by atoms with Crippen LogP contribution in [0.15, 0.2) is 0 Å². The molecule has 0 aliphatic carbocycles. The van der Waals surface area contributed by atoms with E-state index in [9.17, 15) is 0 Å². The van der Waals surface area contributed by atoms with E-state index in [0.29, 0.717) is 18.1 Å². The summed E-state index contributed by atoms with van der Waals surface area (Å²) in [6.07, 6.45) is 9.55. The standard InChI is InChI=1S/C18H40N2/c1-8-9-10-11-12-13-14-17(19-15(2)3)18(6,7)20-16(4)5/h15-17,19-20H,8-14H2,1-7H3. The summed E-state index contributed by atoms with van der Waals surface area (Å²) in [6, 6.07) is 1.63. The van der Waals surface area contributed by atoms with Gasteiger partial charge < -0.3 is 10.6 Å². The van der Waals surface area contributed by atoms with Crippen molar-refractivity contribution in [3.63, 3.8) is 0 Å². The van der Waals surface area contributed by atoms with Gasteiger partial charge in [0.25, 0.3) is 0 Å². The highest BCUT2D eigenvalue weighted by Gasteiger charge is 2.29. The molecule has 0 heterocycles. The molecule has 0 saturated heterocycles. The van der Waals surface area contributed by atoms with Crippen molar-refractivity contribution in [2.75, 3.05) is 0 Å². The molecule has 20 heavy (non-hydrogen) atoms. The SMILES string of the molecule is CCCCCCCCC(NC(C)C)C(C)(C)NC(C)C. The van der Waals surface area contributed by atoms with E-state index < -0.39 is 0 Å². The van der Waals surface area contributed by atoms with Crippen molar-refractivity contribution < 1.29 is 0 Å². The molecule has 0 spiro atoms. The molecule has 0 aliphatic heterocycles. The van der Waals surface area contributed by atoms with Crippen molar-refractivity contribution in [2.45, 2.75) is 117 Å². The number of hydrogen-bond acceptors (Lipinski definition) is 2. The van der Waals surface area contributed by atoms with Gasteiger partial charge in [-0.3, -0.25) is 0 Å². The lowest BCUT2D eigenvalue weighted by atomic mass is 9.88. The fourth-order valence-electron chi connectivity index (χ4n) is 3.03. The molecule has 0 aliphatic rings. The van der Waals surface area contributed by atoms with Crippen LogP contribution in [0.25, 0.3) is 0 Å². The van der Waals surface area contributed by atoms with Crippen molar-refractivity contribution in [3.8, 4) is 0 Å². The molecule has 1 atom stereocenters. The van der Waals surface area contributed by atoms with Gasteiger partial charge in [0.1, 0.15) is 0 Å². The fourth-order valence-corrected chi connectivity index (χ4v) is 3.03. The maximum Gasteiger partial charge on any atom is 0.0280 e. The predicted octanol–water partition coefficient (Wildman–Crippen LogP) is 4.88. The minimum absolute atomic E-state index is 0.155. The Kier molecular flexibility index (Phi) is 10.6. The van der Waals surface area contributed by atoms with Crippen LogP contribution in [-0.2, 0) is 0 Å². The Morgan fingerprint density at radius 1 is 0.800 bits per heavy atom. The molecule has 0 rings (SSSR count). The number of hydrogen-bond donors (Lipinski definition) is 2. The monoisotopic (exact) mass is 284 g/mol. The largest absolute Gasteiger partial charge is 0.310 e. The zero-order valence-corrected chi connectivity index (χ0v) is 15.2. The molecule has 2 heteroatoms. The summed E-state index contributed by atoms with van der Waals surface area (Å²) in [4.78, 5) is 0. The van der Waals surface area contributed by atoms with Crippen molar-refractivity contribution in [2.24, 2.45) is 0 Å². The lowest BCUT2D eigenvalue weighted by Crippen LogP contribution is -2.59. The second kappa shape index (κ2) is 10.6. The van der Waals surface area contributed by atoms with Crippen LogP contribution in [0.3, 0.4) is 0 Å². The summed E-state index contributed by atoms with van der Waals surface area (Å²) in [7, 11) is 0. The highest BCUT2D eigenvalue weighted by molar-refractivity contribution is 4.93. The van der Waals surface area contributed by atoms with Crippen molar-refractivity contribution >= 4 is 0 Å². The molecule has 0 amide bonds. The molecule has 2 N–H and O–H groups in total. The van der Waals surface area contributed by atoms with Crippen molar-refractivity contribution in [1.82, 2.24) is 10.6 Å². The Bertz CT molecular complexity index is 221. The molecular weight excluding hydrogens is 244 g/mol. The van der Waals surface area contributed by atoms with E-state index in [0.717, 1.165) is 0 Å². The summed E-state index contributed by atoms with van der Waals surface area (Å²) in [5.41, 5.74) is 0.155. The fraction of sp³-hybridized carbons (Fsp3) is 1.00. The van der Waals surface area contributed by atoms with E-state index in [-0.39, 0.29) is 5.54 Å². The average Bonchev–Trinajstić information content (AvgIpc) is 2.29. The lowest BCUT2D eigenvalue weighted by molar-refractivity contribution is 0.231. The van der Waals surface area contributed by atoms with Gasteiger partial charge in [-0.2, -0.15) is 0 Å². The molecule has 122 valence electrons. The van der Waals surface area contributed by atoms with E-state index >= 15 is 0 Å². The van der Waals surface area contributed by atoms with Gasteiger partial charge >= 0.3 is 0 Å². The molecular formula is C18H40N2.